The summed E-state index contributed by atoms with van der Waals surface area (Å²) in [5.41, 5.74) is 9.01. The second kappa shape index (κ2) is 3.85. The molecule has 0 fully saturated rings. The summed E-state index contributed by atoms with van der Waals surface area (Å²) in [7, 11) is 0. The van der Waals surface area contributed by atoms with Gasteiger partial charge in [0.15, 0.2) is 0 Å². The van der Waals surface area contributed by atoms with Crippen LogP contribution >= 0.6 is 27.3 Å². The maximum atomic E-state index is 6.17. The van der Waals surface area contributed by atoms with Gasteiger partial charge < -0.3 is 5.73 Å². The van der Waals surface area contributed by atoms with Gasteiger partial charge in [-0.05, 0) is 41.1 Å². The minimum absolute atomic E-state index is 0.701. The van der Waals surface area contributed by atoms with Crippen molar-refractivity contribution in [2.75, 3.05) is 5.73 Å². The van der Waals surface area contributed by atoms with Crippen LogP contribution in [0.4, 0.5) is 5.82 Å². The molecule has 0 saturated carbocycles. The number of fused-ring (bicyclic) bond motifs is 1. The average molecular weight is 308 g/mol. The van der Waals surface area contributed by atoms with E-state index in [2.05, 4.69) is 20.9 Å². The lowest BCUT2D eigenvalue weighted by Gasteiger charge is -2.00. The van der Waals surface area contributed by atoms with Crippen LogP contribution in [0.2, 0.25) is 0 Å². The highest BCUT2D eigenvalue weighted by Gasteiger charge is 2.13. The lowest BCUT2D eigenvalue weighted by molar-refractivity contribution is 1.10. The molecule has 3 nitrogen and oxygen atoms in total. The molecule has 3 aromatic heterocycles. The van der Waals surface area contributed by atoms with Crippen molar-refractivity contribution >= 4 is 38.7 Å². The molecule has 0 aliphatic carbocycles. The molecular formula is C12H10BrN3S. The smallest absolute Gasteiger partial charge is 0.139 e. The van der Waals surface area contributed by atoms with Crippen LogP contribution in [0.1, 0.15) is 5.69 Å². The van der Waals surface area contributed by atoms with Crippen LogP contribution in [-0.2, 0) is 0 Å². The highest BCUT2D eigenvalue weighted by molar-refractivity contribution is 9.10. The first-order valence-electron chi connectivity index (χ1n) is 5.15. The lowest BCUT2D eigenvalue weighted by Crippen LogP contribution is -1.96. The Kier molecular flexibility index (Phi) is 2.45. The highest BCUT2D eigenvalue weighted by Crippen LogP contribution is 2.33. The van der Waals surface area contributed by atoms with Crippen LogP contribution < -0.4 is 5.73 Å². The zero-order valence-corrected chi connectivity index (χ0v) is 11.5. The third-order valence-corrected chi connectivity index (χ3v) is 4.37. The number of anilines is 1. The third kappa shape index (κ3) is 1.66. The summed E-state index contributed by atoms with van der Waals surface area (Å²) in [6.45, 7) is 2.03. The van der Waals surface area contributed by atoms with Gasteiger partial charge in [0.25, 0.3) is 0 Å². The van der Waals surface area contributed by atoms with E-state index in [-0.39, 0.29) is 0 Å². The monoisotopic (exact) mass is 307 g/mol. The first kappa shape index (κ1) is 10.8. The zero-order valence-electron chi connectivity index (χ0n) is 9.14. The van der Waals surface area contributed by atoms with Crippen LogP contribution in [0.5, 0.6) is 0 Å². The number of halogens is 1. The fraction of sp³-hybridized carbons (Fsp3) is 0.0833. The van der Waals surface area contributed by atoms with E-state index in [4.69, 9.17) is 5.73 Å². The Bertz CT molecular complexity index is 699. The number of aryl methyl sites for hydroxylation is 1. The van der Waals surface area contributed by atoms with Gasteiger partial charge in [0.2, 0.25) is 0 Å². The van der Waals surface area contributed by atoms with E-state index < -0.39 is 0 Å². The molecule has 0 saturated heterocycles. The molecule has 0 unspecified atom stereocenters. The van der Waals surface area contributed by atoms with Crippen molar-refractivity contribution in [3.8, 4) is 10.6 Å². The van der Waals surface area contributed by atoms with E-state index >= 15 is 0 Å². The van der Waals surface area contributed by atoms with Crippen molar-refractivity contribution in [2.45, 2.75) is 6.92 Å². The molecule has 2 N–H and O–H groups in total. The van der Waals surface area contributed by atoms with Crippen LogP contribution in [0.25, 0.3) is 16.2 Å². The number of nitrogens with zero attached hydrogens (tertiary/aromatic N) is 2. The van der Waals surface area contributed by atoms with Gasteiger partial charge in [0.1, 0.15) is 17.2 Å². The summed E-state index contributed by atoms with van der Waals surface area (Å²) in [6.07, 6.45) is 0. The van der Waals surface area contributed by atoms with E-state index in [0.717, 1.165) is 26.4 Å². The number of imidazole rings is 1. The van der Waals surface area contributed by atoms with Gasteiger partial charge in [-0.3, -0.25) is 4.40 Å². The van der Waals surface area contributed by atoms with Gasteiger partial charge in [-0.1, -0.05) is 6.07 Å². The predicted octanol–water partition coefficient (Wildman–Crippen LogP) is 3.72. The molecule has 0 spiro atoms. The van der Waals surface area contributed by atoms with Crippen molar-refractivity contribution in [1.29, 1.82) is 0 Å². The minimum atomic E-state index is 0.701. The summed E-state index contributed by atoms with van der Waals surface area (Å²) < 4.78 is 3.04. The van der Waals surface area contributed by atoms with Crippen molar-refractivity contribution in [3.05, 3.63) is 39.8 Å². The van der Waals surface area contributed by atoms with E-state index in [9.17, 15) is 0 Å². The maximum Gasteiger partial charge on any atom is 0.139 e. The molecule has 86 valence electrons. The molecular weight excluding hydrogens is 298 g/mol. The Morgan fingerprint density at radius 3 is 2.88 bits per heavy atom. The zero-order chi connectivity index (χ0) is 12.0. The molecule has 0 radical (unpaired) electrons. The Morgan fingerprint density at radius 2 is 2.24 bits per heavy atom. The van der Waals surface area contributed by atoms with Crippen LogP contribution in [0, 0.1) is 6.92 Å². The molecule has 0 amide bonds. The molecule has 5 heteroatoms. The number of hydrogen-bond donors (Lipinski definition) is 1. The number of nitrogen functional groups attached to an aromatic ring is 1. The quantitative estimate of drug-likeness (QED) is 0.744. The maximum absolute atomic E-state index is 6.17. The van der Waals surface area contributed by atoms with Gasteiger partial charge >= 0.3 is 0 Å². The number of pyridine rings is 1. The average Bonchev–Trinajstić information content (AvgIpc) is 2.84. The number of thiophene rings is 1. The summed E-state index contributed by atoms with van der Waals surface area (Å²) >= 11 is 5.08. The Balaban J connectivity index is 2.32. The molecule has 0 bridgehead atoms. The van der Waals surface area contributed by atoms with Crippen molar-refractivity contribution < 1.29 is 0 Å². The number of nitrogens with two attached hydrogens (primary N) is 1. The largest absolute Gasteiger partial charge is 0.383 e. The fourth-order valence-electron chi connectivity index (χ4n) is 1.90. The number of rotatable bonds is 1. The first-order valence-corrected chi connectivity index (χ1v) is 6.82. The lowest BCUT2D eigenvalue weighted by atomic mass is 10.3. The molecule has 0 atom stereocenters. The minimum Gasteiger partial charge on any atom is -0.383 e. The van der Waals surface area contributed by atoms with Crippen LogP contribution in [-0.4, -0.2) is 9.38 Å². The van der Waals surface area contributed by atoms with E-state index in [1.165, 1.54) is 0 Å². The molecule has 0 aromatic carbocycles. The van der Waals surface area contributed by atoms with Crippen molar-refractivity contribution in [2.24, 2.45) is 0 Å². The molecule has 3 rings (SSSR count). The highest BCUT2D eigenvalue weighted by atomic mass is 79.9. The molecule has 0 aliphatic heterocycles. The van der Waals surface area contributed by atoms with Gasteiger partial charge in [-0.2, -0.15) is 0 Å². The first-order chi connectivity index (χ1) is 8.16. The fourth-order valence-corrected chi connectivity index (χ4v) is 3.33. The second-order valence-electron chi connectivity index (χ2n) is 3.84. The van der Waals surface area contributed by atoms with Gasteiger partial charge in [-0.15, -0.1) is 11.3 Å². The SMILES string of the molecule is Cc1cccc2nc(-c3cc(Br)cs3)c(N)n12. The summed E-state index contributed by atoms with van der Waals surface area (Å²) in [4.78, 5) is 5.67. The number of aromatic nitrogens is 2. The normalized spacial score (nSPS) is 11.2. The van der Waals surface area contributed by atoms with Crippen LogP contribution in [0.3, 0.4) is 0 Å². The van der Waals surface area contributed by atoms with Gasteiger partial charge in [-0.25, -0.2) is 4.98 Å². The Hall–Kier alpha value is -1.33. The summed E-state index contributed by atoms with van der Waals surface area (Å²) in [6, 6.07) is 8.03. The van der Waals surface area contributed by atoms with Gasteiger partial charge in [0, 0.05) is 15.5 Å². The Morgan fingerprint density at radius 1 is 1.41 bits per heavy atom. The molecule has 3 aromatic rings. The molecule has 3 heterocycles. The van der Waals surface area contributed by atoms with Crippen molar-refractivity contribution in [3.63, 3.8) is 0 Å². The van der Waals surface area contributed by atoms with Crippen molar-refractivity contribution in [1.82, 2.24) is 9.38 Å². The number of hydrogen-bond acceptors (Lipinski definition) is 3. The predicted molar refractivity (Wildman–Crippen MR) is 75.4 cm³/mol. The van der Waals surface area contributed by atoms with E-state index in [0.29, 0.717) is 5.82 Å². The standard InChI is InChI=1S/C12H10BrN3S/c1-7-3-2-4-10-15-11(12(14)16(7)10)9-5-8(13)6-17-9/h2-6H,14H2,1H3. The topological polar surface area (TPSA) is 43.3 Å². The third-order valence-electron chi connectivity index (χ3n) is 2.68. The van der Waals surface area contributed by atoms with E-state index in [1.807, 2.05) is 41.0 Å². The second-order valence-corrected chi connectivity index (χ2v) is 5.66. The Labute approximate surface area is 111 Å². The van der Waals surface area contributed by atoms with Gasteiger partial charge in [0.05, 0.1) is 4.88 Å². The summed E-state index contributed by atoms with van der Waals surface area (Å²) in [5, 5.41) is 2.03. The molecule has 0 aliphatic rings. The van der Waals surface area contributed by atoms with E-state index in [1.54, 1.807) is 11.3 Å². The summed E-state index contributed by atoms with van der Waals surface area (Å²) in [5.74, 6) is 0.701. The van der Waals surface area contributed by atoms with Crippen LogP contribution in [0.15, 0.2) is 34.1 Å². The molecule has 17 heavy (non-hydrogen) atoms.